The quantitative estimate of drug-likeness (QED) is 0.779. The summed E-state index contributed by atoms with van der Waals surface area (Å²) in [5, 5.41) is 7.99. The molecule has 0 saturated heterocycles. The molecule has 1 fully saturated rings. The molecular formula is C23H32N4O. The predicted molar refractivity (Wildman–Crippen MR) is 111 cm³/mol. The topological polar surface area (TPSA) is 59.8 Å². The lowest BCUT2D eigenvalue weighted by Crippen LogP contribution is -2.28. The monoisotopic (exact) mass is 380 g/mol. The maximum Gasteiger partial charge on any atom is 0.220 e. The third kappa shape index (κ3) is 4.62. The number of pyridine rings is 1. The van der Waals surface area contributed by atoms with Gasteiger partial charge < -0.3 is 5.32 Å². The highest BCUT2D eigenvalue weighted by Gasteiger charge is 2.22. The fraction of sp³-hybridized carbons (Fsp3) is 0.609. The lowest BCUT2D eigenvalue weighted by molar-refractivity contribution is -0.121. The van der Waals surface area contributed by atoms with Crippen molar-refractivity contribution < 1.29 is 4.79 Å². The Kier molecular flexibility index (Phi) is 6.40. The molecule has 1 saturated carbocycles. The molecular weight excluding hydrogens is 348 g/mol. The fourth-order valence-corrected chi connectivity index (χ4v) is 4.77. The molecule has 2 aliphatic carbocycles. The van der Waals surface area contributed by atoms with Gasteiger partial charge in [0.15, 0.2) is 0 Å². The Morgan fingerprint density at radius 2 is 1.96 bits per heavy atom. The fourth-order valence-electron chi connectivity index (χ4n) is 4.77. The van der Waals surface area contributed by atoms with Gasteiger partial charge in [0, 0.05) is 30.4 Å². The predicted octanol–water partition coefficient (Wildman–Crippen LogP) is 4.30. The van der Waals surface area contributed by atoms with Crippen LogP contribution in [-0.2, 0) is 24.2 Å². The molecule has 2 aliphatic rings. The van der Waals surface area contributed by atoms with Crippen molar-refractivity contribution in [1.82, 2.24) is 20.1 Å². The number of amides is 1. The highest BCUT2D eigenvalue weighted by atomic mass is 16.1. The summed E-state index contributed by atoms with van der Waals surface area (Å²) in [7, 11) is 0. The summed E-state index contributed by atoms with van der Waals surface area (Å²) in [5.74, 6) is 0.954. The van der Waals surface area contributed by atoms with E-state index in [0.717, 1.165) is 43.1 Å². The van der Waals surface area contributed by atoms with E-state index in [0.29, 0.717) is 13.0 Å². The van der Waals surface area contributed by atoms with Crippen molar-refractivity contribution in [2.45, 2.75) is 77.2 Å². The zero-order valence-electron chi connectivity index (χ0n) is 16.8. The first-order valence-corrected chi connectivity index (χ1v) is 11.1. The molecule has 0 aromatic carbocycles. The Labute approximate surface area is 167 Å². The Morgan fingerprint density at radius 1 is 1.11 bits per heavy atom. The first kappa shape index (κ1) is 19.2. The minimum atomic E-state index is 0.191. The summed E-state index contributed by atoms with van der Waals surface area (Å²) in [5.41, 5.74) is 4.67. The van der Waals surface area contributed by atoms with Gasteiger partial charge in [-0.05, 0) is 50.2 Å². The average molecular weight is 381 g/mol. The van der Waals surface area contributed by atoms with Crippen molar-refractivity contribution in [2.75, 3.05) is 6.54 Å². The Balaban J connectivity index is 1.33. The zero-order chi connectivity index (χ0) is 19.2. The molecule has 0 radical (unpaired) electrons. The Morgan fingerprint density at radius 3 is 2.79 bits per heavy atom. The number of hydrogen-bond donors (Lipinski definition) is 1. The lowest BCUT2D eigenvalue weighted by Gasteiger charge is -2.21. The third-order valence-corrected chi connectivity index (χ3v) is 6.31. The van der Waals surface area contributed by atoms with Gasteiger partial charge in [0.1, 0.15) is 5.69 Å². The molecule has 0 unspecified atom stereocenters. The van der Waals surface area contributed by atoms with E-state index in [4.69, 9.17) is 5.10 Å². The molecule has 150 valence electrons. The maximum absolute atomic E-state index is 12.2. The van der Waals surface area contributed by atoms with Gasteiger partial charge in [-0.15, -0.1) is 0 Å². The van der Waals surface area contributed by atoms with E-state index in [1.54, 1.807) is 0 Å². The number of carbonyl (C=O) groups excluding carboxylic acids is 1. The first-order chi connectivity index (χ1) is 13.8. The van der Waals surface area contributed by atoms with Crippen molar-refractivity contribution in [3.63, 3.8) is 0 Å². The van der Waals surface area contributed by atoms with Gasteiger partial charge in [0.2, 0.25) is 5.91 Å². The second-order valence-electron chi connectivity index (χ2n) is 8.31. The molecule has 1 amide bonds. The second-order valence-corrected chi connectivity index (χ2v) is 8.31. The van der Waals surface area contributed by atoms with Crippen LogP contribution in [0.15, 0.2) is 24.4 Å². The summed E-state index contributed by atoms with van der Waals surface area (Å²) in [6.45, 7) is 1.39. The smallest absolute Gasteiger partial charge is 0.220 e. The van der Waals surface area contributed by atoms with Gasteiger partial charge in [0.25, 0.3) is 0 Å². The van der Waals surface area contributed by atoms with Crippen LogP contribution in [0.1, 0.15) is 69.0 Å². The number of aromatic nitrogens is 3. The molecule has 2 aromatic heterocycles. The molecule has 0 atom stereocenters. The van der Waals surface area contributed by atoms with E-state index in [2.05, 4.69) is 15.0 Å². The Bertz CT molecular complexity index is 777. The normalized spacial score (nSPS) is 17.3. The minimum Gasteiger partial charge on any atom is -0.354 e. The first-order valence-electron chi connectivity index (χ1n) is 11.1. The lowest BCUT2D eigenvalue weighted by atomic mass is 9.86. The molecule has 5 nitrogen and oxygen atoms in total. The van der Waals surface area contributed by atoms with Crippen molar-refractivity contribution in [3.8, 4) is 11.4 Å². The van der Waals surface area contributed by atoms with Crippen molar-refractivity contribution in [3.05, 3.63) is 35.7 Å². The SMILES string of the molecule is O=C(CCC1CCCCC1)NCCn1nc(-c2ccccn2)c2c1CCCC2. The molecule has 0 aliphatic heterocycles. The van der Waals surface area contributed by atoms with Crippen LogP contribution in [0.25, 0.3) is 11.4 Å². The molecule has 1 N–H and O–H groups in total. The second kappa shape index (κ2) is 9.35. The van der Waals surface area contributed by atoms with Gasteiger partial charge in [0.05, 0.1) is 12.2 Å². The summed E-state index contributed by atoms with van der Waals surface area (Å²) in [4.78, 5) is 16.7. The number of rotatable bonds is 7. The molecule has 4 rings (SSSR count). The van der Waals surface area contributed by atoms with E-state index >= 15 is 0 Å². The minimum absolute atomic E-state index is 0.191. The van der Waals surface area contributed by atoms with Crippen LogP contribution in [0, 0.1) is 5.92 Å². The van der Waals surface area contributed by atoms with E-state index in [1.807, 2.05) is 24.4 Å². The number of carbonyl (C=O) groups is 1. The standard InChI is InChI=1S/C23H32N4O/c28-22(14-13-18-8-2-1-3-9-18)25-16-17-27-21-12-5-4-10-19(21)23(26-27)20-11-6-7-15-24-20/h6-7,11,15,18H,1-5,8-10,12-14,16-17H2,(H,25,28). The Hall–Kier alpha value is -2.17. The zero-order valence-corrected chi connectivity index (χ0v) is 16.8. The highest BCUT2D eigenvalue weighted by Crippen LogP contribution is 2.30. The van der Waals surface area contributed by atoms with Crippen molar-refractivity contribution in [1.29, 1.82) is 0 Å². The summed E-state index contributed by atoms with van der Waals surface area (Å²) in [6.07, 6.45) is 14.8. The third-order valence-electron chi connectivity index (χ3n) is 6.31. The molecule has 0 spiro atoms. The van der Waals surface area contributed by atoms with Crippen molar-refractivity contribution >= 4 is 5.91 Å². The number of fused-ring (bicyclic) bond motifs is 1. The van der Waals surface area contributed by atoms with E-state index in [9.17, 15) is 4.79 Å². The van der Waals surface area contributed by atoms with Crippen LogP contribution in [-0.4, -0.2) is 27.2 Å². The number of nitrogens with one attached hydrogen (secondary N) is 1. The summed E-state index contributed by atoms with van der Waals surface area (Å²) in [6, 6.07) is 5.99. The molecule has 5 heteroatoms. The maximum atomic E-state index is 12.2. The van der Waals surface area contributed by atoms with Crippen LogP contribution < -0.4 is 5.32 Å². The summed E-state index contributed by atoms with van der Waals surface area (Å²) >= 11 is 0. The molecule has 2 heterocycles. The summed E-state index contributed by atoms with van der Waals surface area (Å²) < 4.78 is 2.11. The molecule has 0 bridgehead atoms. The van der Waals surface area contributed by atoms with Gasteiger partial charge in [-0.3, -0.25) is 14.5 Å². The van der Waals surface area contributed by atoms with Crippen LogP contribution in [0.3, 0.4) is 0 Å². The molecule has 28 heavy (non-hydrogen) atoms. The van der Waals surface area contributed by atoms with E-state index < -0.39 is 0 Å². The van der Waals surface area contributed by atoms with Crippen LogP contribution in [0.2, 0.25) is 0 Å². The van der Waals surface area contributed by atoms with Gasteiger partial charge in [-0.1, -0.05) is 38.2 Å². The van der Waals surface area contributed by atoms with Gasteiger partial charge >= 0.3 is 0 Å². The van der Waals surface area contributed by atoms with Gasteiger partial charge in [-0.2, -0.15) is 5.10 Å². The highest BCUT2D eigenvalue weighted by molar-refractivity contribution is 5.75. The van der Waals surface area contributed by atoms with E-state index in [-0.39, 0.29) is 5.91 Å². The van der Waals surface area contributed by atoms with Crippen LogP contribution in [0.4, 0.5) is 0 Å². The number of nitrogens with zero attached hydrogens (tertiary/aromatic N) is 3. The largest absolute Gasteiger partial charge is 0.354 e. The van der Waals surface area contributed by atoms with E-state index in [1.165, 1.54) is 56.2 Å². The number of hydrogen-bond acceptors (Lipinski definition) is 3. The van der Waals surface area contributed by atoms with Crippen LogP contribution in [0.5, 0.6) is 0 Å². The molecule has 2 aromatic rings. The van der Waals surface area contributed by atoms with Crippen molar-refractivity contribution in [2.24, 2.45) is 5.92 Å². The van der Waals surface area contributed by atoms with Crippen LogP contribution >= 0.6 is 0 Å². The average Bonchev–Trinajstić information content (AvgIpc) is 3.12. The van der Waals surface area contributed by atoms with Gasteiger partial charge in [-0.25, -0.2) is 0 Å².